The molecule has 13 nitrogen and oxygen atoms in total. The van der Waals surface area contributed by atoms with Gasteiger partial charge in [0.2, 0.25) is 11.8 Å². The van der Waals surface area contributed by atoms with Gasteiger partial charge >= 0.3 is 65.1 Å². The molecular weight excluding hydrogens is 707 g/mol. The number of phenolic OH excluding ortho intramolecular Hbond substituents is 1. The molecule has 1 aliphatic rings. The summed E-state index contributed by atoms with van der Waals surface area (Å²) in [5, 5.41) is 18.8. The fraction of sp³-hybridized carbons (Fsp3) is 0.361. The van der Waals surface area contributed by atoms with E-state index < -0.39 is 18.2 Å². The van der Waals surface area contributed by atoms with Crippen LogP contribution in [0.1, 0.15) is 45.9 Å². The minimum atomic E-state index is -0.924. The molecule has 4 rings (SSSR count). The number of methoxy groups -OCH3 is 1. The van der Waals surface area contributed by atoms with Gasteiger partial charge in [0.25, 0.3) is 0 Å². The Hall–Kier alpha value is -2.52. The maximum Gasteiger partial charge on any atom is 1.00 e. The van der Waals surface area contributed by atoms with Crippen LogP contribution >= 0.6 is 9.47 Å². The van der Waals surface area contributed by atoms with Crippen molar-refractivity contribution in [3.8, 4) is 11.5 Å². The Labute approximate surface area is 356 Å². The quantitative estimate of drug-likeness (QED) is 0.0543. The summed E-state index contributed by atoms with van der Waals surface area (Å²) in [7, 11) is 3.04. The molecule has 3 aromatic rings. The Morgan fingerprint density at radius 1 is 1.00 bits per heavy atom. The van der Waals surface area contributed by atoms with E-state index in [9.17, 15) is 19.5 Å². The van der Waals surface area contributed by atoms with Gasteiger partial charge in [0.05, 0.1) is 20.2 Å². The van der Waals surface area contributed by atoms with E-state index in [0.717, 1.165) is 22.3 Å². The summed E-state index contributed by atoms with van der Waals surface area (Å²) in [6.07, 6.45) is 1.01. The van der Waals surface area contributed by atoms with Crippen LogP contribution in [0, 0.1) is 0 Å². The van der Waals surface area contributed by atoms with Gasteiger partial charge in [-0.05, 0) is 43.7 Å². The van der Waals surface area contributed by atoms with Crippen molar-refractivity contribution >= 4 is 27.3 Å². The number of phenols is 1. The molecule has 9 N–H and O–H groups in total. The third-order valence-electron chi connectivity index (χ3n) is 7.94. The smallest absolute Gasteiger partial charge is 1.00 e. The topological polar surface area (TPSA) is 206 Å². The number of aromatic hydroxyl groups is 1. The SMILES string of the molecule is C=CCNCC(=O)N1[C@@H](NC(=O)NCc2ccccc2)CN(Cc2cccc(C(C)(C)C)c2OC)C(=O)[C@@H]1Cc1ccc(O)cc1.O.O.OP.[H-].[H-].[Na+].[Na+]. The predicted molar refractivity (Wildman–Crippen MR) is 200 cm³/mol. The van der Waals surface area contributed by atoms with Gasteiger partial charge in [-0.1, -0.05) is 87.5 Å². The summed E-state index contributed by atoms with van der Waals surface area (Å²) in [5.41, 5.74) is 3.33. The second kappa shape index (κ2) is 25.5. The van der Waals surface area contributed by atoms with Crippen LogP contribution in [0.25, 0.3) is 0 Å². The van der Waals surface area contributed by atoms with Crippen LogP contribution in [-0.4, -0.2) is 87.5 Å². The van der Waals surface area contributed by atoms with Crippen molar-refractivity contribution in [2.24, 2.45) is 0 Å². The van der Waals surface area contributed by atoms with E-state index in [0.29, 0.717) is 18.8 Å². The Morgan fingerprint density at radius 2 is 1.63 bits per heavy atom. The van der Waals surface area contributed by atoms with Gasteiger partial charge in [-0.15, -0.1) is 6.58 Å². The van der Waals surface area contributed by atoms with Gasteiger partial charge < -0.3 is 54.3 Å². The van der Waals surface area contributed by atoms with E-state index in [1.54, 1.807) is 42.4 Å². The maximum atomic E-state index is 14.3. The molecule has 278 valence electrons. The molecule has 0 spiro atoms. The number of hydrogen-bond acceptors (Lipinski definition) is 7. The third kappa shape index (κ3) is 14.7. The number of nitrogens with zero attached hydrogens (tertiary/aromatic N) is 2. The van der Waals surface area contributed by atoms with Crippen molar-refractivity contribution in [1.82, 2.24) is 25.8 Å². The van der Waals surface area contributed by atoms with E-state index in [1.807, 2.05) is 48.5 Å². The number of hydrogen-bond donors (Lipinski definition) is 5. The number of nitrogens with one attached hydrogen (secondary N) is 3. The molecule has 1 aliphatic heterocycles. The molecule has 1 saturated heterocycles. The molecule has 0 aromatic heterocycles. The van der Waals surface area contributed by atoms with Gasteiger partial charge in [-0.25, -0.2) is 4.79 Å². The van der Waals surface area contributed by atoms with Crippen LogP contribution < -0.4 is 79.8 Å². The van der Waals surface area contributed by atoms with E-state index >= 15 is 0 Å². The molecule has 1 heterocycles. The van der Waals surface area contributed by atoms with Crippen LogP contribution in [-0.2, 0) is 34.5 Å². The number of urea groups is 1. The second-order valence-electron chi connectivity index (χ2n) is 12.4. The number of amides is 4. The monoisotopic (exact) mass is 761 g/mol. The first-order chi connectivity index (χ1) is 23.0. The summed E-state index contributed by atoms with van der Waals surface area (Å²) < 4.78 is 5.87. The normalized spacial score (nSPS) is 14.8. The van der Waals surface area contributed by atoms with Gasteiger partial charge in [0, 0.05) is 31.6 Å². The standard InChI is InChI=1S/C36H45N5O5.2Na.H3OP.2H2O.2H/c1-6-19-37-22-32(43)41-30(20-25-15-17-28(42)18-16-25)34(44)40(23-27-13-10-14-29(33(27)46-5)36(2,3)4)24-31(41)39-35(45)38-21-26-11-8-7-9-12-26;;;1-2;;;;/h6-18,30-31,37,42H,1,19-24H2,2-5H3,(H2,38,39,45);;;1H,2H2;2*1H2;;/q;2*+1;;;;2*-1/t30-,31+;;;;;;;/m0......./s1. The van der Waals surface area contributed by atoms with Crippen LogP contribution in [0.3, 0.4) is 0 Å². The fourth-order valence-corrected chi connectivity index (χ4v) is 5.68. The zero-order valence-electron chi connectivity index (χ0n) is 33.1. The van der Waals surface area contributed by atoms with E-state index in [4.69, 9.17) is 9.63 Å². The summed E-state index contributed by atoms with van der Waals surface area (Å²) in [6, 6.07) is 20.6. The summed E-state index contributed by atoms with van der Waals surface area (Å²) in [4.78, 5) is 51.5. The Bertz CT molecular complexity index is 1540. The van der Waals surface area contributed by atoms with Crippen molar-refractivity contribution in [1.29, 1.82) is 0 Å². The fourth-order valence-electron chi connectivity index (χ4n) is 5.68. The van der Waals surface area contributed by atoms with Gasteiger partial charge in [-0.2, -0.15) is 0 Å². The molecule has 0 saturated carbocycles. The predicted octanol–water partition coefficient (Wildman–Crippen LogP) is -3.57. The molecule has 1 fully saturated rings. The molecule has 16 heteroatoms. The molecule has 0 aliphatic carbocycles. The first-order valence-corrected chi connectivity index (χ1v) is 16.2. The average Bonchev–Trinajstić information content (AvgIpc) is 3.07. The minimum Gasteiger partial charge on any atom is -1.00 e. The summed E-state index contributed by atoms with van der Waals surface area (Å²) in [5.74, 6) is 0.216. The van der Waals surface area contributed by atoms with E-state index in [-0.39, 0.29) is 122 Å². The number of rotatable bonds is 12. The first kappa shape index (κ1) is 51.6. The number of benzene rings is 3. The Kier molecular flexibility index (Phi) is 25.3. The molecule has 0 radical (unpaired) electrons. The molecule has 1 unspecified atom stereocenters. The van der Waals surface area contributed by atoms with Crippen LogP contribution in [0.4, 0.5) is 4.79 Å². The van der Waals surface area contributed by atoms with Crippen molar-refractivity contribution in [3.05, 3.63) is 108 Å². The van der Waals surface area contributed by atoms with Crippen molar-refractivity contribution in [2.45, 2.75) is 57.9 Å². The van der Waals surface area contributed by atoms with E-state index in [1.165, 1.54) is 14.4 Å². The van der Waals surface area contributed by atoms with Crippen LogP contribution in [0.15, 0.2) is 85.5 Å². The minimum absolute atomic E-state index is 0. The number of para-hydroxylation sites is 1. The van der Waals surface area contributed by atoms with Crippen molar-refractivity contribution in [2.75, 3.05) is 26.7 Å². The van der Waals surface area contributed by atoms with Gasteiger partial charge in [0.1, 0.15) is 23.7 Å². The first-order valence-electron chi connectivity index (χ1n) is 15.7. The van der Waals surface area contributed by atoms with Gasteiger partial charge in [-0.3, -0.25) is 9.59 Å². The largest absolute Gasteiger partial charge is 1.00 e. The average molecular weight is 762 g/mol. The molecule has 0 bridgehead atoms. The van der Waals surface area contributed by atoms with E-state index in [2.05, 4.69) is 43.3 Å². The Morgan fingerprint density at radius 3 is 2.21 bits per heavy atom. The Balaban J connectivity index is -0.00000154. The van der Waals surface area contributed by atoms with Crippen molar-refractivity contribution in [3.63, 3.8) is 0 Å². The molecule has 4 amide bonds. The molecule has 52 heavy (non-hydrogen) atoms. The van der Waals surface area contributed by atoms with Crippen molar-refractivity contribution < 1.29 is 102 Å². The molecule has 3 atom stereocenters. The number of ether oxygens (including phenoxy) is 1. The zero-order chi connectivity index (χ0) is 35.3. The number of carbonyl (C=O) groups excluding carboxylic acids is 3. The van der Waals surface area contributed by atoms with Crippen LogP contribution in [0.5, 0.6) is 11.5 Å². The third-order valence-corrected chi connectivity index (χ3v) is 7.94. The zero-order valence-corrected chi connectivity index (χ0v) is 36.3. The number of piperazine rings is 1. The second-order valence-corrected chi connectivity index (χ2v) is 12.4. The molecular formula is C36H54N5Na2O8P. The van der Waals surface area contributed by atoms with Gasteiger partial charge in [0.15, 0.2) is 0 Å². The molecule has 3 aromatic carbocycles. The summed E-state index contributed by atoms with van der Waals surface area (Å²) >= 11 is 0. The maximum absolute atomic E-state index is 14.3. The van der Waals surface area contributed by atoms with Crippen LogP contribution in [0.2, 0.25) is 0 Å². The number of carbonyl (C=O) groups is 3. The summed E-state index contributed by atoms with van der Waals surface area (Å²) in [6.45, 7) is 11.0.